The molecule has 0 atom stereocenters. The smallest absolute Gasteiger partial charge is 0.360 e. The first-order chi connectivity index (χ1) is 13.1. The number of nitrogens with zero attached hydrogens (tertiary/aromatic N) is 3. The first-order valence-corrected chi connectivity index (χ1v) is 9.75. The van der Waals surface area contributed by atoms with Crippen LogP contribution in [0.1, 0.15) is 16.1 Å². The molecule has 0 unspecified atom stereocenters. The largest absolute Gasteiger partial charge is 0.464 e. The molecule has 0 bridgehead atoms. The molecule has 13 heteroatoms. The second-order valence-electron chi connectivity index (χ2n) is 5.22. The van der Waals surface area contributed by atoms with Crippen LogP contribution in [0.4, 0.5) is 19.0 Å². The van der Waals surface area contributed by atoms with E-state index in [4.69, 9.17) is 23.2 Å². The standard InChI is InChI=1S/C15H12Cl2F3N3O4S/c1-27-15(24)13-14(22-5-4-21-13)23(6-11(19)20)28(25,26)7-8-10(18)3-2-9(16)12(8)17/h2-5,11H,6-7H2,1H3. The van der Waals surface area contributed by atoms with Gasteiger partial charge in [-0.1, -0.05) is 23.2 Å². The highest BCUT2D eigenvalue weighted by Crippen LogP contribution is 2.31. The number of sulfonamides is 1. The Morgan fingerprint density at radius 3 is 2.50 bits per heavy atom. The number of hydrogen-bond donors (Lipinski definition) is 0. The second-order valence-corrected chi connectivity index (χ2v) is 7.90. The van der Waals surface area contributed by atoms with Gasteiger partial charge in [0.05, 0.1) is 29.5 Å². The van der Waals surface area contributed by atoms with Crippen molar-refractivity contribution in [2.75, 3.05) is 18.0 Å². The minimum atomic E-state index is -4.69. The molecule has 7 nitrogen and oxygen atoms in total. The summed E-state index contributed by atoms with van der Waals surface area (Å²) >= 11 is 11.6. The Morgan fingerprint density at radius 2 is 1.89 bits per heavy atom. The summed E-state index contributed by atoms with van der Waals surface area (Å²) in [6, 6.07) is 2.00. The Morgan fingerprint density at radius 1 is 1.25 bits per heavy atom. The van der Waals surface area contributed by atoms with Gasteiger partial charge in [-0.15, -0.1) is 0 Å². The maximum atomic E-state index is 14.1. The molecule has 0 fully saturated rings. The van der Waals surface area contributed by atoms with Crippen molar-refractivity contribution >= 4 is 45.0 Å². The second kappa shape index (κ2) is 8.93. The Hall–Kier alpha value is -2.11. The van der Waals surface area contributed by atoms with E-state index in [1.807, 2.05) is 0 Å². The van der Waals surface area contributed by atoms with Gasteiger partial charge in [0.2, 0.25) is 10.0 Å². The highest BCUT2D eigenvalue weighted by Gasteiger charge is 2.33. The van der Waals surface area contributed by atoms with E-state index in [2.05, 4.69) is 14.7 Å². The number of anilines is 1. The van der Waals surface area contributed by atoms with Crippen molar-refractivity contribution in [3.05, 3.63) is 51.6 Å². The maximum Gasteiger partial charge on any atom is 0.360 e. The van der Waals surface area contributed by atoms with Crippen molar-refractivity contribution < 1.29 is 31.1 Å². The average Bonchev–Trinajstić information content (AvgIpc) is 2.65. The van der Waals surface area contributed by atoms with Gasteiger partial charge in [-0.05, 0) is 12.1 Å². The number of alkyl halides is 2. The van der Waals surface area contributed by atoms with Gasteiger partial charge < -0.3 is 4.74 Å². The van der Waals surface area contributed by atoms with Crippen LogP contribution in [0, 0.1) is 5.82 Å². The lowest BCUT2D eigenvalue weighted by Gasteiger charge is -2.24. The number of ether oxygens (including phenoxy) is 1. The molecule has 0 N–H and O–H groups in total. The van der Waals surface area contributed by atoms with Crippen LogP contribution < -0.4 is 4.31 Å². The summed E-state index contributed by atoms with van der Waals surface area (Å²) in [5, 5.41) is -0.502. The SMILES string of the molecule is COC(=O)c1nccnc1N(CC(F)F)S(=O)(=O)Cc1c(F)ccc(Cl)c1Cl. The monoisotopic (exact) mass is 457 g/mol. The zero-order valence-corrected chi connectivity index (χ0v) is 16.4. The molecule has 1 heterocycles. The van der Waals surface area contributed by atoms with Gasteiger partial charge in [-0.3, -0.25) is 0 Å². The molecular formula is C15H12Cl2F3N3O4S. The van der Waals surface area contributed by atoms with Crippen molar-refractivity contribution in [1.82, 2.24) is 9.97 Å². The van der Waals surface area contributed by atoms with Gasteiger partial charge >= 0.3 is 5.97 Å². The molecule has 0 aliphatic rings. The molecule has 152 valence electrons. The van der Waals surface area contributed by atoms with Gasteiger partial charge in [0.25, 0.3) is 6.43 Å². The van der Waals surface area contributed by atoms with Gasteiger partial charge in [-0.25, -0.2) is 40.7 Å². The Balaban J connectivity index is 2.58. The van der Waals surface area contributed by atoms with Gasteiger partial charge in [-0.2, -0.15) is 0 Å². The number of aromatic nitrogens is 2. The number of hydrogen-bond acceptors (Lipinski definition) is 6. The van der Waals surface area contributed by atoms with Crippen LogP contribution in [0.2, 0.25) is 10.0 Å². The third-order valence-electron chi connectivity index (χ3n) is 3.40. The van der Waals surface area contributed by atoms with E-state index in [-0.39, 0.29) is 14.4 Å². The van der Waals surface area contributed by atoms with Crippen LogP contribution in [0.3, 0.4) is 0 Å². The third-order valence-corrected chi connectivity index (χ3v) is 5.89. The Kier molecular flexibility index (Phi) is 7.07. The Labute approximate surface area is 168 Å². The fraction of sp³-hybridized carbons (Fsp3) is 0.267. The summed E-state index contributed by atoms with van der Waals surface area (Å²) in [4.78, 5) is 19.1. The number of carbonyl (C=O) groups is 1. The lowest BCUT2D eigenvalue weighted by molar-refractivity contribution is 0.0594. The van der Waals surface area contributed by atoms with Crippen molar-refractivity contribution in [3.63, 3.8) is 0 Å². The molecule has 1 aromatic heterocycles. The zero-order chi connectivity index (χ0) is 21.1. The molecular weight excluding hydrogens is 446 g/mol. The van der Waals surface area contributed by atoms with Crippen LogP contribution in [0.15, 0.2) is 24.5 Å². The molecule has 0 radical (unpaired) electrons. The van der Waals surface area contributed by atoms with E-state index < -0.39 is 57.6 Å². The van der Waals surface area contributed by atoms with E-state index in [0.29, 0.717) is 0 Å². The highest BCUT2D eigenvalue weighted by atomic mass is 35.5. The summed E-state index contributed by atoms with van der Waals surface area (Å²) in [6.45, 7) is -1.36. The van der Waals surface area contributed by atoms with Gasteiger partial charge in [0.15, 0.2) is 11.5 Å². The van der Waals surface area contributed by atoms with Crippen LogP contribution in [-0.4, -0.2) is 44.4 Å². The third kappa shape index (κ3) is 4.83. The number of methoxy groups -OCH3 is 1. The number of halogens is 5. The highest BCUT2D eigenvalue weighted by molar-refractivity contribution is 7.92. The molecule has 0 aliphatic heterocycles. The minimum absolute atomic E-state index is 0.122. The molecule has 0 saturated heterocycles. The van der Waals surface area contributed by atoms with E-state index in [0.717, 1.165) is 31.6 Å². The Bertz CT molecular complexity index is 992. The maximum absolute atomic E-state index is 14.1. The van der Waals surface area contributed by atoms with Crippen LogP contribution in [0.25, 0.3) is 0 Å². The van der Waals surface area contributed by atoms with E-state index >= 15 is 0 Å². The zero-order valence-electron chi connectivity index (χ0n) is 14.1. The predicted octanol–water partition coefficient (Wildman–Crippen LogP) is 3.31. The normalized spacial score (nSPS) is 11.5. The summed E-state index contributed by atoms with van der Waals surface area (Å²) < 4.78 is 70.5. The van der Waals surface area contributed by atoms with E-state index in [1.54, 1.807) is 0 Å². The number of carbonyl (C=O) groups excluding carboxylic acids is 1. The summed E-state index contributed by atoms with van der Waals surface area (Å²) in [6.07, 6.45) is -1.08. The number of rotatable bonds is 7. The topological polar surface area (TPSA) is 89.5 Å². The molecule has 1 aromatic carbocycles. The van der Waals surface area contributed by atoms with E-state index in [1.165, 1.54) is 0 Å². The fourth-order valence-corrected chi connectivity index (χ4v) is 4.19. The number of benzene rings is 1. The lowest BCUT2D eigenvalue weighted by atomic mass is 10.2. The van der Waals surface area contributed by atoms with Crippen LogP contribution >= 0.6 is 23.2 Å². The summed E-state index contributed by atoms with van der Waals surface area (Å²) in [5.74, 6) is -3.89. The van der Waals surface area contributed by atoms with Crippen LogP contribution in [0.5, 0.6) is 0 Å². The molecule has 28 heavy (non-hydrogen) atoms. The summed E-state index contributed by atoms with van der Waals surface area (Å²) in [5.41, 5.74) is -1.12. The molecule has 0 amide bonds. The quantitative estimate of drug-likeness (QED) is 0.467. The minimum Gasteiger partial charge on any atom is -0.464 e. The van der Waals surface area contributed by atoms with Crippen molar-refractivity contribution in [1.29, 1.82) is 0 Å². The first-order valence-electron chi connectivity index (χ1n) is 7.38. The van der Waals surface area contributed by atoms with Crippen molar-refractivity contribution in [3.8, 4) is 0 Å². The van der Waals surface area contributed by atoms with Gasteiger partial charge in [0, 0.05) is 18.0 Å². The van der Waals surface area contributed by atoms with Crippen LogP contribution in [-0.2, 0) is 20.5 Å². The molecule has 0 aliphatic carbocycles. The van der Waals surface area contributed by atoms with Crippen molar-refractivity contribution in [2.24, 2.45) is 0 Å². The first kappa shape index (κ1) is 22.2. The molecule has 0 saturated carbocycles. The molecule has 2 aromatic rings. The van der Waals surface area contributed by atoms with Crippen molar-refractivity contribution in [2.45, 2.75) is 12.2 Å². The summed E-state index contributed by atoms with van der Waals surface area (Å²) in [7, 11) is -3.70. The average molecular weight is 458 g/mol. The lowest BCUT2D eigenvalue weighted by Crippen LogP contribution is -2.38. The molecule has 0 spiro atoms. The predicted molar refractivity (Wildman–Crippen MR) is 95.8 cm³/mol. The molecule has 2 rings (SSSR count). The van der Waals surface area contributed by atoms with Gasteiger partial charge in [0.1, 0.15) is 5.82 Å². The fourth-order valence-electron chi connectivity index (χ4n) is 2.17. The van der Waals surface area contributed by atoms with E-state index in [9.17, 15) is 26.4 Å². The number of esters is 1.